The number of aliphatic hydroxyl groups is 1. The van der Waals surface area contributed by atoms with E-state index in [1.807, 2.05) is 0 Å². The Morgan fingerprint density at radius 1 is 1.45 bits per heavy atom. The standard InChI is InChI=1S/C13H19ClN2O3S/c14-12-6-10(7-15)3-4-13(12)20(18,19)16-5-1-2-11(8-16)9-17/h3-4,6,11,17H,1-2,5,7-9,15H2. The molecule has 0 radical (unpaired) electrons. The first-order valence-electron chi connectivity index (χ1n) is 6.58. The van der Waals surface area contributed by atoms with Gasteiger partial charge in [-0.2, -0.15) is 4.31 Å². The first-order chi connectivity index (χ1) is 9.48. The summed E-state index contributed by atoms with van der Waals surface area (Å²) in [5.74, 6) is 0.000570. The molecule has 112 valence electrons. The Morgan fingerprint density at radius 3 is 2.80 bits per heavy atom. The van der Waals surface area contributed by atoms with Gasteiger partial charge in [0.25, 0.3) is 0 Å². The molecule has 1 aliphatic rings. The number of hydrogen-bond donors (Lipinski definition) is 2. The maximum atomic E-state index is 12.6. The van der Waals surface area contributed by atoms with Crippen LogP contribution in [0.3, 0.4) is 0 Å². The third kappa shape index (κ3) is 3.15. The lowest BCUT2D eigenvalue weighted by molar-refractivity contribution is 0.165. The van der Waals surface area contributed by atoms with Crippen molar-refractivity contribution >= 4 is 21.6 Å². The summed E-state index contributed by atoms with van der Waals surface area (Å²) in [7, 11) is -3.61. The average molecular weight is 319 g/mol. The molecule has 0 aliphatic carbocycles. The zero-order chi connectivity index (χ0) is 14.8. The van der Waals surface area contributed by atoms with Gasteiger partial charge in [-0.3, -0.25) is 0 Å². The van der Waals surface area contributed by atoms with Gasteiger partial charge in [-0.15, -0.1) is 0 Å². The predicted molar refractivity (Wildman–Crippen MR) is 77.9 cm³/mol. The minimum absolute atomic E-state index is 0.000570. The van der Waals surface area contributed by atoms with E-state index in [-0.39, 0.29) is 22.4 Å². The lowest BCUT2D eigenvalue weighted by Gasteiger charge is -2.31. The van der Waals surface area contributed by atoms with Crippen molar-refractivity contribution in [2.45, 2.75) is 24.3 Å². The van der Waals surface area contributed by atoms with Crippen molar-refractivity contribution in [2.75, 3.05) is 19.7 Å². The van der Waals surface area contributed by atoms with Crippen LogP contribution in [0.5, 0.6) is 0 Å². The fourth-order valence-electron chi connectivity index (χ4n) is 2.41. The fraction of sp³-hybridized carbons (Fsp3) is 0.538. The van der Waals surface area contributed by atoms with Gasteiger partial charge in [-0.1, -0.05) is 17.7 Å². The first kappa shape index (κ1) is 15.7. The van der Waals surface area contributed by atoms with Crippen LogP contribution in [-0.4, -0.2) is 37.5 Å². The van der Waals surface area contributed by atoms with E-state index < -0.39 is 10.0 Å². The lowest BCUT2D eigenvalue weighted by Crippen LogP contribution is -2.40. The second kappa shape index (κ2) is 6.41. The molecule has 0 aromatic heterocycles. The molecule has 20 heavy (non-hydrogen) atoms. The highest BCUT2D eigenvalue weighted by atomic mass is 35.5. The second-order valence-electron chi connectivity index (χ2n) is 5.02. The van der Waals surface area contributed by atoms with E-state index in [9.17, 15) is 13.5 Å². The minimum atomic E-state index is -3.61. The number of nitrogens with two attached hydrogens (primary N) is 1. The number of sulfonamides is 1. The van der Waals surface area contributed by atoms with Crippen LogP contribution in [0.15, 0.2) is 23.1 Å². The van der Waals surface area contributed by atoms with Crippen LogP contribution in [-0.2, 0) is 16.6 Å². The molecule has 5 nitrogen and oxygen atoms in total. The summed E-state index contributed by atoms with van der Waals surface area (Å²) in [5.41, 5.74) is 6.30. The van der Waals surface area contributed by atoms with Gasteiger partial charge in [0.1, 0.15) is 4.90 Å². The van der Waals surface area contributed by atoms with E-state index in [4.69, 9.17) is 17.3 Å². The molecule has 2 rings (SSSR count). The number of hydrogen-bond acceptors (Lipinski definition) is 4. The highest BCUT2D eigenvalue weighted by Crippen LogP contribution is 2.28. The van der Waals surface area contributed by atoms with Crippen LogP contribution in [0.2, 0.25) is 5.02 Å². The molecule has 1 unspecified atom stereocenters. The molecular formula is C13H19ClN2O3S. The number of halogens is 1. The van der Waals surface area contributed by atoms with Crippen molar-refractivity contribution < 1.29 is 13.5 Å². The summed E-state index contributed by atoms with van der Waals surface area (Å²) < 4.78 is 26.6. The molecule has 1 heterocycles. The zero-order valence-electron chi connectivity index (χ0n) is 11.1. The Labute approximate surface area is 124 Å². The van der Waals surface area contributed by atoms with Gasteiger partial charge in [0.05, 0.1) is 5.02 Å². The van der Waals surface area contributed by atoms with Crippen LogP contribution < -0.4 is 5.73 Å². The summed E-state index contributed by atoms with van der Waals surface area (Å²) in [6, 6.07) is 4.76. The summed E-state index contributed by atoms with van der Waals surface area (Å²) in [5, 5.41) is 9.40. The van der Waals surface area contributed by atoms with Gasteiger partial charge in [0, 0.05) is 26.2 Å². The van der Waals surface area contributed by atoms with E-state index in [0.29, 0.717) is 19.6 Å². The highest BCUT2D eigenvalue weighted by Gasteiger charge is 2.31. The number of nitrogens with zero attached hydrogens (tertiary/aromatic N) is 1. The van der Waals surface area contributed by atoms with Gasteiger partial charge < -0.3 is 10.8 Å². The van der Waals surface area contributed by atoms with Crippen molar-refractivity contribution in [3.63, 3.8) is 0 Å². The van der Waals surface area contributed by atoms with Gasteiger partial charge in [-0.25, -0.2) is 8.42 Å². The Hall–Kier alpha value is -0.660. The van der Waals surface area contributed by atoms with Crippen LogP contribution in [0.1, 0.15) is 18.4 Å². The number of piperidine rings is 1. The molecule has 7 heteroatoms. The van der Waals surface area contributed by atoms with Crippen molar-refractivity contribution in [1.29, 1.82) is 0 Å². The summed E-state index contributed by atoms with van der Waals surface area (Å²) in [6.07, 6.45) is 1.60. The monoisotopic (exact) mass is 318 g/mol. The normalized spacial score (nSPS) is 21.1. The first-order valence-corrected chi connectivity index (χ1v) is 8.40. The average Bonchev–Trinajstić information content (AvgIpc) is 2.46. The molecule has 1 fully saturated rings. The van der Waals surface area contributed by atoms with Crippen molar-refractivity contribution in [3.8, 4) is 0 Å². The minimum Gasteiger partial charge on any atom is -0.396 e. The number of aliphatic hydroxyl groups excluding tert-OH is 1. The Balaban J connectivity index is 2.30. The molecule has 1 saturated heterocycles. The smallest absolute Gasteiger partial charge is 0.244 e. The van der Waals surface area contributed by atoms with E-state index in [1.54, 1.807) is 12.1 Å². The van der Waals surface area contributed by atoms with Crippen molar-refractivity contribution in [1.82, 2.24) is 4.31 Å². The molecule has 0 bridgehead atoms. The molecule has 1 aliphatic heterocycles. The lowest BCUT2D eigenvalue weighted by atomic mass is 10.0. The van der Waals surface area contributed by atoms with Gasteiger partial charge in [0.2, 0.25) is 10.0 Å². The van der Waals surface area contributed by atoms with E-state index >= 15 is 0 Å². The number of benzene rings is 1. The molecule has 1 atom stereocenters. The SMILES string of the molecule is NCc1ccc(S(=O)(=O)N2CCCC(CO)C2)c(Cl)c1. The molecule has 0 amide bonds. The third-order valence-corrected chi connectivity index (χ3v) is 5.94. The number of rotatable bonds is 4. The summed E-state index contributed by atoms with van der Waals surface area (Å²) in [6.45, 7) is 1.13. The quantitative estimate of drug-likeness (QED) is 0.873. The van der Waals surface area contributed by atoms with Crippen LogP contribution in [0, 0.1) is 5.92 Å². The summed E-state index contributed by atoms with van der Waals surface area (Å²) in [4.78, 5) is 0.106. The van der Waals surface area contributed by atoms with Gasteiger partial charge >= 0.3 is 0 Å². The van der Waals surface area contributed by atoms with Crippen LogP contribution >= 0.6 is 11.6 Å². The Kier molecular flexibility index (Phi) is 5.04. The van der Waals surface area contributed by atoms with E-state index in [1.165, 1.54) is 10.4 Å². The molecule has 1 aromatic rings. The fourth-order valence-corrected chi connectivity index (χ4v) is 4.51. The molecule has 1 aromatic carbocycles. The zero-order valence-corrected chi connectivity index (χ0v) is 12.7. The maximum Gasteiger partial charge on any atom is 0.244 e. The summed E-state index contributed by atoms with van der Waals surface area (Å²) >= 11 is 6.07. The largest absolute Gasteiger partial charge is 0.396 e. The molecule has 0 spiro atoms. The predicted octanol–water partition coefficient (Wildman–Crippen LogP) is 1.19. The third-order valence-electron chi connectivity index (χ3n) is 3.59. The molecular weight excluding hydrogens is 300 g/mol. The van der Waals surface area contributed by atoms with E-state index in [0.717, 1.165) is 18.4 Å². The molecule has 3 N–H and O–H groups in total. The molecule has 0 saturated carbocycles. The maximum absolute atomic E-state index is 12.6. The van der Waals surface area contributed by atoms with Crippen LogP contribution in [0.25, 0.3) is 0 Å². The second-order valence-corrected chi connectivity index (χ2v) is 7.34. The highest BCUT2D eigenvalue weighted by molar-refractivity contribution is 7.89. The Morgan fingerprint density at radius 2 is 2.20 bits per heavy atom. The topological polar surface area (TPSA) is 83.6 Å². The van der Waals surface area contributed by atoms with Crippen molar-refractivity contribution in [3.05, 3.63) is 28.8 Å². The van der Waals surface area contributed by atoms with Crippen LogP contribution in [0.4, 0.5) is 0 Å². The van der Waals surface area contributed by atoms with Gasteiger partial charge in [-0.05, 0) is 36.5 Å². The Bertz CT molecular complexity index is 577. The van der Waals surface area contributed by atoms with Gasteiger partial charge in [0.15, 0.2) is 0 Å². The van der Waals surface area contributed by atoms with Crippen molar-refractivity contribution in [2.24, 2.45) is 11.7 Å². The van der Waals surface area contributed by atoms with E-state index in [2.05, 4.69) is 0 Å².